The molecule has 3 nitrogen and oxygen atoms in total. The van der Waals surface area contributed by atoms with Crippen molar-refractivity contribution < 1.29 is 0 Å². The molecule has 0 heterocycles. The molecule has 0 radical (unpaired) electrons. The third-order valence-electron chi connectivity index (χ3n) is 2.44. The van der Waals surface area contributed by atoms with Gasteiger partial charge in [-0.15, -0.1) is 0 Å². The van der Waals surface area contributed by atoms with E-state index in [-0.39, 0.29) is 0 Å². The van der Waals surface area contributed by atoms with Gasteiger partial charge in [0, 0.05) is 19.1 Å². The van der Waals surface area contributed by atoms with E-state index < -0.39 is 0 Å². The minimum atomic E-state index is 0.491. The van der Waals surface area contributed by atoms with Crippen molar-refractivity contribution >= 4 is 0 Å². The molecule has 3 heteroatoms. The summed E-state index contributed by atoms with van der Waals surface area (Å²) in [7, 11) is 4.20. The molecular weight excluding hydrogens is 150 g/mol. The number of nitrogens with one attached hydrogen (secondary N) is 1. The van der Waals surface area contributed by atoms with Crippen molar-refractivity contribution in [2.24, 2.45) is 11.7 Å². The summed E-state index contributed by atoms with van der Waals surface area (Å²) in [6.45, 7) is 3.37. The first-order chi connectivity index (χ1) is 5.68. The van der Waals surface area contributed by atoms with Crippen LogP contribution in [0.5, 0.6) is 0 Å². The Bertz CT molecular complexity index is 119. The average Bonchev–Trinajstić information content (AvgIpc) is 1.93. The second kappa shape index (κ2) is 4.80. The summed E-state index contributed by atoms with van der Waals surface area (Å²) in [5, 5.41) is 3.44. The zero-order valence-electron chi connectivity index (χ0n) is 8.21. The Morgan fingerprint density at radius 1 is 1.42 bits per heavy atom. The number of hydrogen-bond acceptors (Lipinski definition) is 3. The summed E-state index contributed by atoms with van der Waals surface area (Å²) in [6, 6.07) is 0.491. The first-order valence-electron chi connectivity index (χ1n) is 4.79. The molecule has 0 aromatic heterocycles. The fourth-order valence-electron chi connectivity index (χ4n) is 1.56. The zero-order chi connectivity index (χ0) is 8.97. The minimum Gasteiger partial charge on any atom is -0.328 e. The number of rotatable bonds is 5. The molecule has 0 aliphatic heterocycles. The monoisotopic (exact) mass is 171 g/mol. The summed E-state index contributed by atoms with van der Waals surface area (Å²) >= 11 is 0. The van der Waals surface area contributed by atoms with Gasteiger partial charge >= 0.3 is 0 Å². The maximum atomic E-state index is 5.69. The van der Waals surface area contributed by atoms with Crippen molar-refractivity contribution in [2.75, 3.05) is 33.7 Å². The molecule has 12 heavy (non-hydrogen) atoms. The highest BCUT2D eigenvalue weighted by atomic mass is 15.1. The van der Waals surface area contributed by atoms with Gasteiger partial charge in [-0.25, -0.2) is 0 Å². The third kappa shape index (κ3) is 3.52. The second-order valence-corrected chi connectivity index (χ2v) is 4.10. The van der Waals surface area contributed by atoms with Gasteiger partial charge in [-0.05, 0) is 39.4 Å². The Morgan fingerprint density at radius 2 is 2.08 bits per heavy atom. The van der Waals surface area contributed by atoms with E-state index in [2.05, 4.69) is 24.3 Å². The number of nitrogens with two attached hydrogens (primary N) is 1. The molecule has 1 aliphatic carbocycles. The van der Waals surface area contributed by atoms with Crippen molar-refractivity contribution in [1.29, 1.82) is 0 Å². The SMILES string of the molecule is CN(C)CCNCC1CC(N)C1. The van der Waals surface area contributed by atoms with E-state index in [4.69, 9.17) is 5.73 Å². The van der Waals surface area contributed by atoms with E-state index in [1.54, 1.807) is 0 Å². The highest BCUT2D eigenvalue weighted by Crippen LogP contribution is 2.24. The first kappa shape index (κ1) is 9.96. The number of likely N-dealkylation sites (N-methyl/N-ethyl adjacent to an activating group) is 1. The third-order valence-corrected chi connectivity index (χ3v) is 2.44. The molecule has 0 amide bonds. The van der Waals surface area contributed by atoms with Crippen molar-refractivity contribution in [3.05, 3.63) is 0 Å². The lowest BCUT2D eigenvalue weighted by atomic mass is 9.81. The maximum Gasteiger partial charge on any atom is 0.0101 e. The summed E-state index contributed by atoms with van der Waals surface area (Å²) < 4.78 is 0. The summed E-state index contributed by atoms with van der Waals surface area (Å²) in [5.41, 5.74) is 5.69. The van der Waals surface area contributed by atoms with Crippen LogP contribution in [-0.4, -0.2) is 44.7 Å². The lowest BCUT2D eigenvalue weighted by Gasteiger charge is -2.32. The van der Waals surface area contributed by atoms with E-state index in [0.717, 1.165) is 25.6 Å². The Balaban J connectivity index is 1.83. The molecular formula is C9H21N3. The Hall–Kier alpha value is -0.120. The Labute approximate surface area is 75.3 Å². The predicted molar refractivity (Wildman–Crippen MR) is 52.1 cm³/mol. The Kier molecular flexibility index (Phi) is 3.98. The molecule has 0 unspecified atom stereocenters. The van der Waals surface area contributed by atoms with Crippen LogP contribution in [0.15, 0.2) is 0 Å². The van der Waals surface area contributed by atoms with Gasteiger partial charge in [-0.1, -0.05) is 0 Å². The lowest BCUT2D eigenvalue weighted by molar-refractivity contribution is 0.253. The number of nitrogens with zero attached hydrogens (tertiary/aromatic N) is 1. The first-order valence-corrected chi connectivity index (χ1v) is 4.79. The van der Waals surface area contributed by atoms with Gasteiger partial charge in [0.25, 0.3) is 0 Å². The molecule has 3 N–H and O–H groups in total. The van der Waals surface area contributed by atoms with E-state index in [1.807, 2.05) is 0 Å². The van der Waals surface area contributed by atoms with Gasteiger partial charge in [0.15, 0.2) is 0 Å². The quantitative estimate of drug-likeness (QED) is 0.566. The fourth-order valence-corrected chi connectivity index (χ4v) is 1.56. The highest BCUT2D eigenvalue weighted by Gasteiger charge is 2.24. The van der Waals surface area contributed by atoms with Gasteiger partial charge in [0.05, 0.1) is 0 Å². The van der Waals surface area contributed by atoms with E-state index in [1.165, 1.54) is 12.8 Å². The van der Waals surface area contributed by atoms with Crippen LogP contribution in [-0.2, 0) is 0 Å². The second-order valence-electron chi connectivity index (χ2n) is 4.10. The van der Waals surface area contributed by atoms with Crippen LogP contribution in [0.1, 0.15) is 12.8 Å². The summed E-state index contributed by atoms with van der Waals surface area (Å²) in [6.07, 6.45) is 2.43. The fraction of sp³-hybridized carbons (Fsp3) is 1.00. The molecule has 0 aromatic carbocycles. The molecule has 0 saturated heterocycles. The van der Waals surface area contributed by atoms with Gasteiger partial charge in [-0.2, -0.15) is 0 Å². The van der Waals surface area contributed by atoms with Gasteiger partial charge in [0.1, 0.15) is 0 Å². The van der Waals surface area contributed by atoms with Crippen molar-refractivity contribution in [1.82, 2.24) is 10.2 Å². The van der Waals surface area contributed by atoms with E-state index >= 15 is 0 Å². The zero-order valence-corrected chi connectivity index (χ0v) is 8.21. The van der Waals surface area contributed by atoms with Gasteiger partial charge < -0.3 is 16.0 Å². The Morgan fingerprint density at radius 3 is 2.58 bits per heavy atom. The molecule has 1 aliphatic rings. The predicted octanol–water partition coefficient (Wildman–Crippen LogP) is -0.125. The van der Waals surface area contributed by atoms with Crippen molar-refractivity contribution in [2.45, 2.75) is 18.9 Å². The van der Waals surface area contributed by atoms with Gasteiger partial charge in [-0.3, -0.25) is 0 Å². The normalized spacial score (nSPS) is 29.0. The number of hydrogen-bond donors (Lipinski definition) is 2. The van der Waals surface area contributed by atoms with Crippen LogP contribution in [0.25, 0.3) is 0 Å². The molecule has 72 valence electrons. The maximum absolute atomic E-state index is 5.69. The molecule has 0 aromatic rings. The van der Waals surface area contributed by atoms with Crippen LogP contribution in [0.2, 0.25) is 0 Å². The average molecular weight is 171 g/mol. The molecule has 1 saturated carbocycles. The molecule has 0 bridgehead atoms. The molecule has 0 spiro atoms. The standard InChI is InChI=1S/C9H21N3/c1-12(2)4-3-11-7-8-5-9(10)6-8/h8-9,11H,3-7,10H2,1-2H3. The minimum absolute atomic E-state index is 0.491. The van der Waals surface area contributed by atoms with Crippen LogP contribution in [0, 0.1) is 5.92 Å². The smallest absolute Gasteiger partial charge is 0.0101 e. The van der Waals surface area contributed by atoms with Crippen molar-refractivity contribution in [3.63, 3.8) is 0 Å². The van der Waals surface area contributed by atoms with Crippen LogP contribution >= 0.6 is 0 Å². The highest BCUT2D eigenvalue weighted by molar-refractivity contribution is 4.83. The topological polar surface area (TPSA) is 41.3 Å². The van der Waals surface area contributed by atoms with Gasteiger partial charge in [0.2, 0.25) is 0 Å². The lowest BCUT2D eigenvalue weighted by Crippen LogP contribution is -2.42. The van der Waals surface area contributed by atoms with Crippen LogP contribution in [0.4, 0.5) is 0 Å². The summed E-state index contributed by atoms with van der Waals surface area (Å²) in [5.74, 6) is 0.849. The van der Waals surface area contributed by atoms with Crippen LogP contribution in [0.3, 0.4) is 0 Å². The van der Waals surface area contributed by atoms with E-state index in [9.17, 15) is 0 Å². The molecule has 1 rings (SSSR count). The van der Waals surface area contributed by atoms with E-state index in [0.29, 0.717) is 6.04 Å². The van der Waals surface area contributed by atoms with Crippen molar-refractivity contribution in [3.8, 4) is 0 Å². The van der Waals surface area contributed by atoms with Crippen LogP contribution < -0.4 is 11.1 Å². The largest absolute Gasteiger partial charge is 0.328 e. The summed E-state index contributed by atoms with van der Waals surface area (Å²) in [4.78, 5) is 2.19. The molecule has 1 fully saturated rings. The molecule has 0 atom stereocenters.